The Morgan fingerprint density at radius 3 is 2.94 bits per heavy atom. The van der Waals surface area contributed by atoms with Crippen LogP contribution in [0.25, 0.3) is 0 Å². The first kappa shape index (κ1) is 12.3. The molecule has 0 spiro atoms. The van der Waals surface area contributed by atoms with Crippen LogP contribution in [0.5, 0.6) is 0 Å². The minimum absolute atomic E-state index is 0.0416. The summed E-state index contributed by atoms with van der Waals surface area (Å²) in [5.74, 6) is -0.420. The molecule has 3 nitrogen and oxygen atoms in total. The van der Waals surface area contributed by atoms with Crippen LogP contribution in [0, 0.1) is 5.82 Å². The summed E-state index contributed by atoms with van der Waals surface area (Å²) in [5, 5.41) is 3.23. The standard InChI is InChI=1S/C12H14ClFN2O/c13-10-8-9(2-3-11(10)14)16-7-1-5-15-6-4-12(16)17/h2-3,8,15H,1,4-7H2. The molecule has 1 aliphatic heterocycles. The fourth-order valence-corrected chi connectivity index (χ4v) is 2.04. The van der Waals surface area contributed by atoms with E-state index in [1.165, 1.54) is 12.1 Å². The molecule has 2 rings (SSSR count). The fraction of sp³-hybridized carbons (Fsp3) is 0.417. The molecule has 1 N–H and O–H groups in total. The van der Waals surface area contributed by atoms with Gasteiger partial charge in [-0.2, -0.15) is 0 Å². The van der Waals surface area contributed by atoms with E-state index in [1.54, 1.807) is 11.0 Å². The Labute approximate surface area is 105 Å². The number of anilines is 1. The molecule has 1 aliphatic rings. The maximum Gasteiger partial charge on any atom is 0.228 e. The zero-order valence-corrected chi connectivity index (χ0v) is 10.1. The molecular formula is C12H14ClFN2O. The Kier molecular flexibility index (Phi) is 3.97. The Hall–Kier alpha value is -1.13. The van der Waals surface area contributed by atoms with Crippen LogP contribution in [0.15, 0.2) is 18.2 Å². The van der Waals surface area contributed by atoms with Crippen LogP contribution in [0.1, 0.15) is 12.8 Å². The number of carbonyl (C=O) groups excluding carboxylic acids is 1. The topological polar surface area (TPSA) is 32.3 Å². The second kappa shape index (κ2) is 5.47. The van der Waals surface area contributed by atoms with Gasteiger partial charge < -0.3 is 10.2 Å². The molecule has 0 radical (unpaired) electrons. The van der Waals surface area contributed by atoms with Gasteiger partial charge in [0.25, 0.3) is 0 Å². The predicted octanol–water partition coefficient (Wildman–Crippen LogP) is 2.20. The SMILES string of the molecule is O=C1CCNCCCN1c1ccc(F)c(Cl)c1. The molecule has 1 saturated heterocycles. The van der Waals surface area contributed by atoms with E-state index < -0.39 is 5.82 Å². The number of nitrogens with one attached hydrogen (secondary N) is 1. The van der Waals surface area contributed by atoms with E-state index in [0.29, 0.717) is 25.2 Å². The van der Waals surface area contributed by atoms with Crippen LogP contribution in [0.2, 0.25) is 5.02 Å². The molecular weight excluding hydrogens is 243 g/mol. The number of hydrogen-bond donors (Lipinski definition) is 1. The molecule has 0 aromatic heterocycles. The highest BCUT2D eigenvalue weighted by Gasteiger charge is 2.17. The van der Waals surface area contributed by atoms with E-state index >= 15 is 0 Å². The number of halogens is 2. The zero-order chi connectivity index (χ0) is 12.3. The summed E-state index contributed by atoms with van der Waals surface area (Å²) in [6.45, 7) is 2.21. The maximum absolute atomic E-state index is 13.1. The third kappa shape index (κ3) is 2.96. The molecule has 1 heterocycles. The van der Waals surface area contributed by atoms with Crippen molar-refractivity contribution in [3.05, 3.63) is 29.0 Å². The van der Waals surface area contributed by atoms with Gasteiger partial charge in [0.2, 0.25) is 5.91 Å². The van der Waals surface area contributed by atoms with Gasteiger partial charge in [-0.05, 0) is 31.2 Å². The fourth-order valence-electron chi connectivity index (χ4n) is 1.87. The minimum atomic E-state index is -0.462. The summed E-state index contributed by atoms with van der Waals surface area (Å²) < 4.78 is 13.1. The van der Waals surface area contributed by atoms with Crippen LogP contribution in [0.3, 0.4) is 0 Å². The molecule has 1 fully saturated rings. The third-order valence-corrected chi connectivity index (χ3v) is 3.06. The normalized spacial score (nSPS) is 17.8. The van der Waals surface area contributed by atoms with Gasteiger partial charge in [0.15, 0.2) is 0 Å². The first-order chi connectivity index (χ1) is 8.18. The molecule has 1 amide bonds. The molecule has 1 aromatic carbocycles. The summed E-state index contributed by atoms with van der Waals surface area (Å²) in [7, 11) is 0. The van der Waals surface area contributed by atoms with Crippen molar-refractivity contribution in [1.29, 1.82) is 0 Å². The van der Waals surface area contributed by atoms with Gasteiger partial charge in [0.05, 0.1) is 5.02 Å². The van der Waals surface area contributed by atoms with Crippen LogP contribution in [-0.2, 0) is 4.79 Å². The van der Waals surface area contributed by atoms with Crippen molar-refractivity contribution in [1.82, 2.24) is 5.32 Å². The lowest BCUT2D eigenvalue weighted by atomic mass is 10.2. The lowest BCUT2D eigenvalue weighted by Gasteiger charge is -2.25. The Morgan fingerprint density at radius 2 is 2.18 bits per heavy atom. The largest absolute Gasteiger partial charge is 0.316 e. The molecule has 92 valence electrons. The van der Waals surface area contributed by atoms with Gasteiger partial charge in [-0.1, -0.05) is 11.6 Å². The molecule has 0 unspecified atom stereocenters. The summed E-state index contributed by atoms with van der Waals surface area (Å²) in [4.78, 5) is 13.6. The molecule has 0 aliphatic carbocycles. The van der Waals surface area contributed by atoms with Crippen molar-refractivity contribution in [3.63, 3.8) is 0 Å². The van der Waals surface area contributed by atoms with Crippen molar-refractivity contribution in [3.8, 4) is 0 Å². The molecule has 0 saturated carbocycles. The van der Waals surface area contributed by atoms with E-state index in [-0.39, 0.29) is 10.9 Å². The van der Waals surface area contributed by atoms with Gasteiger partial charge in [-0.15, -0.1) is 0 Å². The van der Waals surface area contributed by atoms with Crippen molar-refractivity contribution in [2.75, 3.05) is 24.5 Å². The van der Waals surface area contributed by atoms with Gasteiger partial charge in [0, 0.05) is 25.2 Å². The summed E-state index contributed by atoms with van der Waals surface area (Å²) in [6.07, 6.45) is 1.33. The first-order valence-electron chi connectivity index (χ1n) is 5.64. The zero-order valence-electron chi connectivity index (χ0n) is 9.38. The highest BCUT2D eigenvalue weighted by atomic mass is 35.5. The lowest BCUT2D eigenvalue weighted by Crippen LogP contribution is -2.38. The maximum atomic E-state index is 13.1. The second-order valence-corrected chi connectivity index (χ2v) is 4.40. The number of carbonyl (C=O) groups is 1. The Balaban J connectivity index is 2.22. The van der Waals surface area contributed by atoms with E-state index in [0.717, 1.165) is 13.0 Å². The molecule has 17 heavy (non-hydrogen) atoms. The Morgan fingerprint density at radius 1 is 1.35 bits per heavy atom. The molecule has 1 aromatic rings. The second-order valence-electron chi connectivity index (χ2n) is 4.00. The minimum Gasteiger partial charge on any atom is -0.316 e. The number of hydrogen-bond acceptors (Lipinski definition) is 2. The summed E-state index contributed by atoms with van der Waals surface area (Å²) in [6, 6.07) is 4.39. The van der Waals surface area contributed by atoms with Gasteiger partial charge in [-0.3, -0.25) is 4.79 Å². The number of nitrogens with zero attached hydrogens (tertiary/aromatic N) is 1. The smallest absolute Gasteiger partial charge is 0.228 e. The third-order valence-electron chi connectivity index (χ3n) is 2.77. The van der Waals surface area contributed by atoms with Crippen LogP contribution >= 0.6 is 11.6 Å². The predicted molar refractivity (Wildman–Crippen MR) is 65.9 cm³/mol. The van der Waals surface area contributed by atoms with Crippen molar-refractivity contribution >= 4 is 23.2 Å². The van der Waals surface area contributed by atoms with Gasteiger partial charge in [0.1, 0.15) is 5.82 Å². The monoisotopic (exact) mass is 256 g/mol. The highest BCUT2D eigenvalue weighted by Crippen LogP contribution is 2.23. The van der Waals surface area contributed by atoms with Gasteiger partial charge in [-0.25, -0.2) is 4.39 Å². The number of rotatable bonds is 1. The Bertz CT molecular complexity index is 425. The van der Waals surface area contributed by atoms with Gasteiger partial charge >= 0.3 is 0 Å². The van der Waals surface area contributed by atoms with Crippen molar-refractivity contribution < 1.29 is 9.18 Å². The quantitative estimate of drug-likeness (QED) is 0.836. The van der Waals surface area contributed by atoms with Crippen LogP contribution in [0.4, 0.5) is 10.1 Å². The van der Waals surface area contributed by atoms with E-state index in [4.69, 9.17) is 11.6 Å². The average molecular weight is 257 g/mol. The molecule has 5 heteroatoms. The summed E-state index contributed by atoms with van der Waals surface area (Å²) in [5.41, 5.74) is 0.670. The van der Waals surface area contributed by atoms with Crippen molar-refractivity contribution in [2.45, 2.75) is 12.8 Å². The first-order valence-corrected chi connectivity index (χ1v) is 6.02. The lowest BCUT2D eigenvalue weighted by molar-refractivity contribution is -0.118. The number of amides is 1. The molecule has 0 atom stereocenters. The van der Waals surface area contributed by atoms with E-state index in [9.17, 15) is 9.18 Å². The van der Waals surface area contributed by atoms with E-state index in [2.05, 4.69) is 5.32 Å². The van der Waals surface area contributed by atoms with Crippen LogP contribution in [-0.4, -0.2) is 25.5 Å². The molecule has 0 bridgehead atoms. The summed E-state index contributed by atoms with van der Waals surface area (Å²) >= 11 is 5.73. The van der Waals surface area contributed by atoms with Crippen molar-refractivity contribution in [2.24, 2.45) is 0 Å². The number of benzene rings is 1. The van der Waals surface area contributed by atoms with Crippen LogP contribution < -0.4 is 10.2 Å². The highest BCUT2D eigenvalue weighted by molar-refractivity contribution is 6.31. The average Bonchev–Trinajstić information content (AvgIpc) is 2.28. The van der Waals surface area contributed by atoms with E-state index in [1.807, 2.05) is 0 Å².